The summed E-state index contributed by atoms with van der Waals surface area (Å²) in [5.74, 6) is -0.0265. The van der Waals surface area contributed by atoms with Crippen LogP contribution in [0.4, 0.5) is 20.6 Å². The molecule has 0 bridgehead atoms. The second-order valence-corrected chi connectivity index (χ2v) is 7.85. The fourth-order valence-corrected chi connectivity index (χ4v) is 3.81. The number of halogens is 1. The molecular weight excluding hydrogens is 357 g/mol. The molecule has 0 radical (unpaired) electrons. The number of hydrogen-bond donors (Lipinski definition) is 2. The Morgan fingerprint density at radius 1 is 1.18 bits per heavy atom. The van der Waals surface area contributed by atoms with E-state index in [-0.39, 0.29) is 18.3 Å². The van der Waals surface area contributed by atoms with Crippen LogP contribution in [0.25, 0.3) is 0 Å². The summed E-state index contributed by atoms with van der Waals surface area (Å²) < 4.78 is 19.5. The number of nitrogen functional groups attached to an aromatic ring is 1. The molecule has 0 saturated carbocycles. The molecule has 6 heteroatoms. The van der Waals surface area contributed by atoms with Gasteiger partial charge in [-0.2, -0.15) is 0 Å². The fourth-order valence-electron chi connectivity index (χ4n) is 3.81. The van der Waals surface area contributed by atoms with Crippen LogP contribution in [-0.4, -0.2) is 24.7 Å². The maximum absolute atomic E-state index is 14.2. The van der Waals surface area contributed by atoms with Crippen molar-refractivity contribution in [1.82, 2.24) is 5.32 Å². The number of amides is 1. The van der Waals surface area contributed by atoms with Crippen LogP contribution in [0.3, 0.4) is 0 Å². The van der Waals surface area contributed by atoms with Crippen LogP contribution in [-0.2, 0) is 11.3 Å². The van der Waals surface area contributed by atoms with Crippen molar-refractivity contribution in [3.8, 4) is 0 Å². The molecule has 1 amide bonds. The smallest absolute Gasteiger partial charge is 0.407 e. The van der Waals surface area contributed by atoms with Crippen molar-refractivity contribution in [2.75, 3.05) is 23.7 Å². The Kier molecular flexibility index (Phi) is 6.07. The third-order valence-corrected chi connectivity index (χ3v) is 5.49. The van der Waals surface area contributed by atoms with Crippen molar-refractivity contribution >= 4 is 17.5 Å². The monoisotopic (exact) mass is 385 g/mol. The number of carbonyl (C=O) groups excluding carboxylic acids is 1. The second kappa shape index (κ2) is 8.50. The SMILES string of the molecule is CC(C)(NC(=O)OCc1ccccc1)C1CCN(c2c(N)cccc2F)CC1. The molecule has 0 aromatic heterocycles. The maximum Gasteiger partial charge on any atom is 0.407 e. The molecule has 0 aliphatic carbocycles. The first kappa shape index (κ1) is 20.0. The average Bonchev–Trinajstić information content (AvgIpc) is 2.67. The quantitative estimate of drug-likeness (QED) is 0.752. The topological polar surface area (TPSA) is 67.6 Å². The maximum atomic E-state index is 14.2. The van der Waals surface area contributed by atoms with E-state index in [4.69, 9.17) is 10.5 Å². The summed E-state index contributed by atoms with van der Waals surface area (Å²) in [5, 5.41) is 3.00. The zero-order chi connectivity index (χ0) is 20.1. The minimum absolute atomic E-state index is 0.244. The highest BCUT2D eigenvalue weighted by molar-refractivity contribution is 5.69. The van der Waals surface area contributed by atoms with Crippen LogP contribution in [0, 0.1) is 11.7 Å². The number of hydrogen-bond acceptors (Lipinski definition) is 4. The predicted molar refractivity (Wildman–Crippen MR) is 110 cm³/mol. The van der Waals surface area contributed by atoms with E-state index >= 15 is 0 Å². The van der Waals surface area contributed by atoms with Crippen molar-refractivity contribution in [1.29, 1.82) is 0 Å². The predicted octanol–water partition coefficient (Wildman–Crippen LogP) is 4.33. The van der Waals surface area contributed by atoms with Gasteiger partial charge in [-0.3, -0.25) is 0 Å². The molecule has 2 aromatic carbocycles. The first-order valence-electron chi connectivity index (χ1n) is 9.64. The lowest BCUT2D eigenvalue weighted by Crippen LogP contribution is -2.52. The van der Waals surface area contributed by atoms with Gasteiger partial charge in [-0.1, -0.05) is 36.4 Å². The molecule has 1 heterocycles. The number of piperidine rings is 1. The Morgan fingerprint density at radius 3 is 2.50 bits per heavy atom. The van der Waals surface area contributed by atoms with E-state index in [9.17, 15) is 9.18 Å². The lowest BCUT2D eigenvalue weighted by molar-refractivity contribution is 0.116. The van der Waals surface area contributed by atoms with Crippen molar-refractivity contribution in [3.05, 3.63) is 59.9 Å². The Balaban J connectivity index is 1.53. The van der Waals surface area contributed by atoms with Crippen LogP contribution in [0.5, 0.6) is 0 Å². The lowest BCUT2D eigenvalue weighted by atomic mass is 9.80. The van der Waals surface area contributed by atoms with E-state index in [2.05, 4.69) is 5.32 Å². The average molecular weight is 385 g/mol. The van der Waals surface area contributed by atoms with E-state index in [1.807, 2.05) is 49.1 Å². The van der Waals surface area contributed by atoms with Gasteiger partial charge in [0, 0.05) is 18.6 Å². The molecule has 5 nitrogen and oxygen atoms in total. The minimum atomic E-state index is -0.422. The molecule has 1 aliphatic heterocycles. The Labute approximate surface area is 165 Å². The zero-order valence-corrected chi connectivity index (χ0v) is 16.5. The molecule has 0 unspecified atom stereocenters. The van der Waals surface area contributed by atoms with Gasteiger partial charge >= 0.3 is 6.09 Å². The molecule has 1 saturated heterocycles. The highest BCUT2D eigenvalue weighted by Gasteiger charge is 2.35. The van der Waals surface area contributed by atoms with Crippen molar-refractivity contribution in [2.24, 2.45) is 5.92 Å². The van der Waals surface area contributed by atoms with Gasteiger partial charge in [0.15, 0.2) is 0 Å². The molecule has 2 aromatic rings. The minimum Gasteiger partial charge on any atom is -0.445 e. The van der Waals surface area contributed by atoms with E-state index < -0.39 is 11.6 Å². The van der Waals surface area contributed by atoms with Gasteiger partial charge in [0.1, 0.15) is 12.4 Å². The van der Waals surface area contributed by atoms with Crippen molar-refractivity contribution in [3.63, 3.8) is 0 Å². The highest BCUT2D eigenvalue weighted by Crippen LogP contribution is 2.34. The second-order valence-electron chi connectivity index (χ2n) is 7.85. The van der Waals surface area contributed by atoms with Gasteiger partial charge in [0.25, 0.3) is 0 Å². The number of nitrogens with one attached hydrogen (secondary N) is 1. The van der Waals surface area contributed by atoms with Crippen molar-refractivity contribution in [2.45, 2.75) is 38.8 Å². The van der Waals surface area contributed by atoms with E-state index in [0.717, 1.165) is 18.4 Å². The highest BCUT2D eigenvalue weighted by atomic mass is 19.1. The molecular formula is C22H28FN3O2. The number of nitrogens with zero attached hydrogens (tertiary/aromatic N) is 1. The summed E-state index contributed by atoms with van der Waals surface area (Å²) in [7, 11) is 0. The molecule has 1 aliphatic rings. The number of nitrogens with two attached hydrogens (primary N) is 1. The van der Waals surface area contributed by atoms with Crippen LogP contribution in [0.15, 0.2) is 48.5 Å². The molecule has 150 valence electrons. The van der Waals surface area contributed by atoms with Crippen molar-refractivity contribution < 1.29 is 13.9 Å². The summed E-state index contributed by atoms with van der Waals surface area (Å²) >= 11 is 0. The number of benzene rings is 2. The summed E-state index contributed by atoms with van der Waals surface area (Å²) in [5.41, 5.74) is 7.44. The number of carbonyl (C=O) groups is 1. The molecule has 28 heavy (non-hydrogen) atoms. The molecule has 0 spiro atoms. The summed E-state index contributed by atoms with van der Waals surface area (Å²) in [4.78, 5) is 14.2. The summed E-state index contributed by atoms with van der Waals surface area (Å²) in [6.07, 6.45) is 1.24. The zero-order valence-electron chi connectivity index (χ0n) is 16.5. The van der Waals surface area contributed by atoms with Crippen LogP contribution < -0.4 is 16.0 Å². The van der Waals surface area contributed by atoms with Gasteiger partial charge in [-0.25, -0.2) is 9.18 Å². The number of para-hydroxylation sites is 1. The van der Waals surface area contributed by atoms with Crippen LogP contribution in [0.1, 0.15) is 32.3 Å². The molecule has 3 rings (SSSR count). The van der Waals surface area contributed by atoms with Gasteiger partial charge in [-0.15, -0.1) is 0 Å². The normalized spacial score (nSPS) is 15.3. The number of ether oxygens (including phenoxy) is 1. The molecule has 3 N–H and O–H groups in total. The van der Waals surface area contributed by atoms with E-state index in [1.165, 1.54) is 6.07 Å². The number of alkyl carbamates (subject to hydrolysis) is 1. The Bertz CT molecular complexity index is 782. The van der Waals surface area contributed by atoms with Gasteiger partial charge in [0.2, 0.25) is 0 Å². The molecule has 1 fully saturated rings. The number of anilines is 2. The Morgan fingerprint density at radius 2 is 1.86 bits per heavy atom. The first-order valence-corrected chi connectivity index (χ1v) is 9.64. The van der Waals surface area contributed by atoms with Gasteiger partial charge in [-0.05, 0) is 50.3 Å². The standard InChI is InChI=1S/C22H28FN3O2/c1-22(2,25-21(27)28-15-16-7-4-3-5-8-16)17-11-13-26(14-12-17)20-18(23)9-6-10-19(20)24/h3-10,17H,11-15,24H2,1-2H3,(H,25,27). The summed E-state index contributed by atoms with van der Waals surface area (Å²) in [6, 6.07) is 14.4. The van der Waals surface area contributed by atoms with E-state index in [0.29, 0.717) is 24.5 Å². The summed E-state index contributed by atoms with van der Waals surface area (Å²) in [6.45, 7) is 5.65. The number of rotatable bonds is 5. The van der Waals surface area contributed by atoms with Crippen LogP contribution >= 0.6 is 0 Å². The lowest BCUT2D eigenvalue weighted by Gasteiger charge is -2.41. The third-order valence-electron chi connectivity index (χ3n) is 5.49. The molecule has 0 atom stereocenters. The first-order chi connectivity index (χ1) is 13.4. The third kappa shape index (κ3) is 4.74. The largest absolute Gasteiger partial charge is 0.445 e. The van der Waals surface area contributed by atoms with Gasteiger partial charge < -0.3 is 20.7 Å². The fraction of sp³-hybridized carbons (Fsp3) is 0.409. The Hall–Kier alpha value is -2.76. The van der Waals surface area contributed by atoms with Gasteiger partial charge in [0.05, 0.1) is 11.4 Å². The van der Waals surface area contributed by atoms with E-state index in [1.54, 1.807) is 12.1 Å². The van der Waals surface area contributed by atoms with Crippen LogP contribution in [0.2, 0.25) is 0 Å².